The van der Waals surface area contributed by atoms with Crippen molar-refractivity contribution in [2.45, 2.75) is 31.8 Å². The van der Waals surface area contributed by atoms with Gasteiger partial charge in [0.2, 0.25) is 0 Å². The van der Waals surface area contributed by atoms with Crippen LogP contribution in [-0.2, 0) is 13.0 Å². The van der Waals surface area contributed by atoms with Crippen LogP contribution in [0.4, 0.5) is 0 Å². The normalized spacial score (nSPS) is 21.7. The maximum absolute atomic E-state index is 12.5. The van der Waals surface area contributed by atoms with Crippen LogP contribution < -0.4 is 11.0 Å². The maximum atomic E-state index is 12.5. The molecular formula is C26H29N5O2. The molecule has 7 nitrogen and oxygen atoms in total. The molecule has 170 valence electrons. The van der Waals surface area contributed by atoms with Crippen LogP contribution in [-0.4, -0.2) is 51.5 Å². The van der Waals surface area contributed by atoms with Crippen LogP contribution in [0.3, 0.4) is 0 Å². The van der Waals surface area contributed by atoms with Crippen LogP contribution in [0.25, 0.3) is 21.9 Å². The number of aromatic nitrogens is 3. The van der Waals surface area contributed by atoms with Gasteiger partial charge in [0, 0.05) is 30.0 Å². The molecule has 33 heavy (non-hydrogen) atoms. The molecule has 2 aromatic heterocycles. The van der Waals surface area contributed by atoms with Gasteiger partial charge in [-0.1, -0.05) is 30.3 Å². The van der Waals surface area contributed by atoms with Crippen molar-refractivity contribution < 1.29 is 4.79 Å². The Morgan fingerprint density at radius 1 is 1.12 bits per heavy atom. The summed E-state index contributed by atoms with van der Waals surface area (Å²) in [7, 11) is 2.17. The van der Waals surface area contributed by atoms with Gasteiger partial charge >= 0.3 is 5.69 Å². The molecule has 2 aromatic carbocycles. The first kappa shape index (κ1) is 20.3. The molecule has 6 rings (SSSR count). The van der Waals surface area contributed by atoms with Crippen molar-refractivity contribution in [1.82, 2.24) is 24.8 Å². The van der Waals surface area contributed by atoms with E-state index in [-0.39, 0.29) is 11.6 Å². The molecule has 4 aromatic rings. The molecule has 1 saturated carbocycles. The minimum Gasteiger partial charge on any atom is -0.351 e. The number of benzene rings is 2. The third-order valence-electron chi connectivity index (χ3n) is 7.57. The highest BCUT2D eigenvalue weighted by atomic mass is 16.2. The molecule has 0 spiro atoms. The summed E-state index contributed by atoms with van der Waals surface area (Å²) < 4.78 is 1.90. The van der Waals surface area contributed by atoms with Gasteiger partial charge in [0.1, 0.15) is 5.69 Å². The Bertz CT molecular complexity index is 1360. The monoisotopic (exact) mass is 443 g/mol. The van der Waals surface area contributed by atoms with Gasteiger partial charge in [0.15, 0.2) is 0 Å². The van der Waals surface area contributed by atoms with Crippen molar-refractivity contribution in [3.05, 3.63) is 70.3 Å². The highest BCUT2D eigenvalue weighted by Gasteiger charge is 2.37. The highest BCUT2D eigenvalue weighted by Crippen LogP contribution is 2.41. The van der Waals surface area contributed by atoms with Crippen molar-refractivity contribution >= 4 is 27.8 Å². The lowest BCUT2D eigenvalue weighted by molar-refractivity contribution is 0.0947. The fourth-order valence-corrected chi connectivity index (χ4v) is 5.44. The number of aromatic amines is 2. The lowest BCUT2D eigenvalue weighted by Gasteiger charge is -2.32. The number of H-pyrrole nitrogens is 2. The average Bonchev–Trinajstić information content (AvgIpc) is 3.30. The van der Waals surface area contributed by atoms with E-state index in [1.54, 1.807) is 0 Å². The van der Waals surface area contributed by atoms with Crippen LogP contribution in [0.1, 0.15) is 28.9 Å². The first-order valence-electron chi connectivity index (χ1n) is 11.8. The molecule has 0 radical (unpaired) electrons. The number of fused-ring (bicyclic) bond motifs is 1. The Balaban J connectivity index is 0.995. The molecule has 1 fully saturated rings. The molecule has 1 amide bonds. The first-order chi connectivity index (χ1) is 16.1. The van der Waals surface area contributed by atoms with E-state index in [1.165, 1.54) is 12.0 Å². The number of amides is 1. The van der Waals surface area contributed by atoms with E-state index in [4.69, 9.17) is 0 Å². The zero-order valence-electron chi connectivity index (χ0n) is 18.8. The van der Waals surface area contributed by atoms with Crippen molar-refractivity contribution in [2.75, 3.05) is 20.1 Å². The van der Waals surface area contributed by atoms with E-state index in [0.717, 1.165) is 54.4 Å². The van der Waals surface area contributed by atoms with Crippen LogP contribution in [0.15, 0.2) is 53.3 Å². The number of likely N-dealkylation sites (N-methyl/N-ethyl adjacent to an activating group) is 1. The van der Waals surface area contributed by atoms with Crippen molar-refractivity contribution in [3.63, 3.8) is 0 Å². The molecule has 3 atom stereocenters. The standard InChI is InChI=1S/C26H29N5O2/c1-30(20-12-18-6-4-8-22-24(18)31(15-20)26(33)29-22)10-9-16-11-19(16)14-27-25(32)23-13-17-5-2-3-7-21(17)28-23/h2-8,13,16,19-20,28H,9-12,14-15H2,1H3,(H,27,32)(H,29,33)/t16-,19+,20-/m1/s1. The minimum absolute atomic E-state index is 0.0106. The fraction of sp³-hybridized carbons (Fsp3) is 0.385. The molecule has 1 aliphatic carbocycles. The second kappa shape index (κ2) is 7.92. The number of nitrogens with one attached hydrogen (secondary N) is 3. The molecule has 0 saturated heterocycles. The summed E-state index contributed by atoms with van der Waals surface area (Å²) in [6.07, 6.45) is 3.27. The quantitative estimate of drug-likeness (QED) is 0.410. The number of nitrogens with zero attached hydrogens (tertiary/aromatic N) is 2. The van der Waals surface area contributed by atoms with E-state index >= 15 is 0 Å². The number of hydrogen-bond acceptors (Lipinski definition) is 3. The maximum Gasteiger partial charge on any atom is 0.326 e. The fourth-order valence-electron chi connectivity index (χ4n) is 5.44. The van der Waals surface area contributed by atoms with Gasteiger partial charge in [-0.2, -0.15) is 0 Å². The third-order valence-corrected chi connectivity index (χ3v) is 7.57. The van der Waals surface area contributed by atoms with Crippen LogP contribution >= 0.6 is 0 Å². The third kappa shape index (κ3) is 3.76. The summed E-state index contributed by atoms with van der Waals surface area (Å²) in [6.45, 7) is 2.48. The molecule has 0 unspecified atom stereocenters. The zero-order chi connectivity index (χ0) is 22.5. The lowest BCUT2D eigenvalue weighted by Crippen LogP contribution is -2.42. The van der Waals surface area contributed by atoms with Crippen LogP contribution in [0.5, 0.6) is 0 Å². The van der Waals surface area contributed by atoms with Crippen molar-refractivity contribution in [2.24, 2.45) is 11.8 Å². The summed E-state index contributed by atoms with van der Waals surface area (Å²) in [5.41, 5.74) is 4.86. The van der Waals surface area contributed by atoms with E-state index in [2.05, 4.69) is 33.3 Å². The Kier molecular flexibility index (Phi) is 4.87. The topological polar surface area (TPSA) is 85.9 Å². The van der Waals surface area contributed by atoms with Crippen LogP contribution in [0.2, 0.25) is 0 Å². The van der Waals surface area contributed by atoms with E-state index < -0.39 is 0 Å². The van der Waals surface area contributed by atoms with Gasteiger partial charge in [0.05, 0.1) is 11.0 Å². The van der Waals surface area contributed by atoms with Crippen molar-refractivity contribution in [1.29, 1.82) is 0 Å². The van der Waals surface area contributed by atoms with Gasteiger partial charge in [-0.25, -0.2) is 4.79 Å². The Hall–Kier alpha value is -3.32. The summed E-state index contributed by atoms with van der Waals surface area (Å²) in [4.78, 5) is 33.5. The molecular weight excluding hydrogens is 414 g/mol. The molecule has 0 bridgehead atoms. The van der Waals surface area contributed by atoms with Crippen LogP contribution in [0, 0.1) is 11.8 Å². The van der Waals surface area contributed by atoms with E-state index in [9.17, 15) is 9.59 Å². The summed E-state index contributed by atoms with van der Waals surface area (Å²) >= 11 is 0. The SMILES string of the molecule is CN(CC[C@@H]1C[C@H]1CNC(=O)c1cc2ccccc2[nH]1)[C@@H]1Cc2cccc3[nH]c(=O)n(c23)C1. The lowest BCUT2D eigenvalue weighted by atomic mass is 9.99. The molecule has 1 aliphatic heterocycles. The summed E-state index contributed by atoms with van der Waals surface area (Å²) in [6, 6.07) is 16.3. The van der Waals surface area contributed by atoms with E-state index in [1.807, 2.05) is 47.0 Å². The van der Waals surface area contributed by atoms with Gasteiger partial charge < -0.3 is 20.2 Å². The van der Waals surface area contributed by atoms with Gasteiger partial charge in [-0.3, -0.25) is 9.36 Å². The Morgan fingerprint density at radius 2 is 1.97 bits per heavy atom. The number of rotatable bonds is 7. The second-order valence-electron chi connectivity index (χ2n) is 9.72. The number of carbonyl (C=O) groups is 1. The number of hydrogen-bond donors (Lipinski definition) is 3. The average molecular weight is 444 g/mol. The van der Waals surface area contributed by atoms with Gasteiger partial charge in [0.25, 0.3) is 5.91 Å². The Morgan fingerprint density at radius 3 is 2.85 bits per heavy atom. The Labute approximate surface area is 191 Å². The summed E-state index contributed by atoms with van der Waals surface area (Å²) in [5, 5.41) is 4.16. The van der Waals surface area contributed by atoms with E-state index in [0.29, 0.717) is 23.6 Å². The predicted octanol–water partition coefficient (Wildman–Crippen LogP) is 3.12. The zero-order valence-corrected chi connectivity index (χ0v) is 18.8. The van der Waals surface area contributed by atoms with Crippen molar-refractivity contribution in [3.8, 4) is 0 Å². The molecule has 7 heteroatoms. The predicted molar refractivity (Wildman–Crippen MR) is 130 cm³/mol. The highest BCUT2D eigenvalue weighted by molar-refractivity contribution is 5.98. The van der Waals surface area contributed by atoms with Gasteiger partial charge in [-0.05, 0) is 68.5 Å². The minimum atomic E-state index is -0.0295. The molecule has 3 heterocycles. The molecule has 2 aliphatic rings. The number of imidazole rings is 1. The molecule has 3 N–H and O–H groups in total. The second-order valence-corrected chi connectivity index (χ2v) is 9.72. The number of para-hydroxylation sites is 2. The number of carbonyl (C=O) groups excluding carboxylic acids is 1. The van der Waals surface area contributed by atoms with Gasteiger partial charge in [-0.15, -0.1) is 0 Å². The largest absolute Gasteiger partial charge is 0.351 e. The smallest absolute Gasteiger partial charge is 0.326 e. The summed E-state index contributed by atoms with van der Waals surface area (Å²) in [5.74, 6) is 1.19. The first-order valence-corrected chi connectivity index (χ1v) is 11.8.